The zero-order valence-corrected chi connectivity index (χ0v) is 17.3. The molecule has 5 heteroatoms. The van der Waals surface area contributed by atoms with Crippen LogP contribution in [0.4, 0.5) is 0 Å². The van der Waals surface area contributed by atoms with Crippen molar-refractivity contribution in [3.63, 3.8) is 0 Å². The van der Waals surface area contributed by atoms with Crippen LogP contribution < -0.4 is 4.74 Å². The van der Waals surface area contributed by atoms with Gasteiger partial charge in [0, 0.05) is 24.8 Å². The number of carbonyl (C=O) groups is 1. The Bertz CT molecular complexity index is 975. The van der Waals surface area contributed by atoms with Crippen LogP contribution in [0, 0.1) is 0 Å². The number of methoxy groups -OCH3 is 1. The lowest BCUT2D eigenvalue weighted by Crippen LogP contribution is -2.32. The van der Waals surface area contributed by atoms with Crippen LogP contribution in [0.1, 0.15) is 29.8 Å². The summed E-state index contributed by atoms with van der Waals surface area (Å²) in [6.07, 6.45) is 1.84. The summed E-state index contributed by atoms with van der Waals surface area (Å²) >= 11 is 0. The second-order valence-corrected chi connectivity index (χ2v) is 7.08. The van der Waals surface area contributed by atoms with E-state index in [4.69, 9.17) is 9.84 Å². The molecule has 1 aromatic heterocycles. The molecule has 0 saturated heterocycles. The Balaban J connectivity index is 2.01. The molecule has 0 radical (unpaired) electrons. The van der Waals surface area contributed by atoms with E-state index in [1.54, 1.807) is 12.0 Å². The lowest BCUT2D eigenvalue weighted by Gasteiger charge is -2.20. The van der Waals surface area contributed by atoms with E-state index in [0.717, 1.165) is 22.4 Å². The van der Waals surface area contributed by atoms with E-state index in [1.165, 1.54) is 0 Å². The number of ether oxygens (including phenoxy) is 1. The molecule has 1 heterocycles. The number of amides is 1. The van der Waals surface area contributed by atoms with Gasteiger partial charge < -0.3 is 9.64 Å². The SMILES string of the molecule is C=C(C)CN(CC)C(=O)c1cn(Cc2ccccc2)nc1-c1ccc(OC)cc1. The molecule has 5 nitrogen and oxygen atoms in total. The first-order chi connectivity index (χ1) is 14.0. The number of benzene rings is 2. The zero-order chi connectivity index (χ0) is 20.8. The molecule has 0 aliphatic rings. The van der Waals surface area contributed by atoms with E-state index in [2.05, 4.69) is 18.7 Å². The molecule has 0 aliphatic carbocycles. The first-order valence-corrected chi connectivity index (χ1v) is 9.71. The zero-order valence-electron chi connectivity index (χ0n) is 17.3. The summed E-state index contributed by atoms with van der Waals surface area (Å²) in [5.41, 5.74) is 4.22. The smallest absolute Gasteiger partial charge is 0.257 e. The first kappa shape index (κ1) is 20.4. The maximum Gasteiger partial charge on any atom is 0.257 e. The highest BCUT2D eigenvalue weighted by Gasteiger charge is 2.22. The maximum atomic E-state index is 13.3. The molecule has 0 aliphatic heterocycles. The van der Waals surface area contributed by atoms with E-state index in [0.29, 0.717) is 30.9 Å². The quantitative estimate of drug-likeness (QED) is 0.527. The molecule has 2 aromatic carbocycles. The highest BCUT2D eigenvalue weighted by atomic mass is 16.5. The van der Waals surface area contributed by atoms with E-state index in [-0.39, 0.29) is 5.91 Å². The molecule has 0 saturated carbocycles. The summed E-state index contributed by atoms with van der Waals surface area (Å²) in [6, 6.07) is 17.7. The lowest BCUT2D eigenvalue weighted by atomic mass is 10.1. The topological polar surface area (TPSA) is 47.4 Å². The van der Waals surface area contributed by atoms with Crippen molar-refractivity contribution in [2.45, 2.75) is 20.4 Å². The fourth-order valence-corrected chi connectivity index (χ4v) is 3.21. The Hall–Kier alpha value is -3.34. The number of likely N-dealkylation sites (N-methyl/N-ethyl adjacent to an activating group) is 1. The van der Waals surface area contributed by atoms with Crippen LogP contribution in [0.15, 0.2) is 72.9 Å². The number of rotatable bonds is 8. The standard InChI is InChI=1S/C24H27N3O2/c1-5-26(15-18(2)3)24(28)22-17-27(16-19-9-7-6-8-10-19)25-23(22)20-11-13-21(29-4)14-12-20/h6-14,17H,2,5,15-16H2,1,3-4H3. The van der Waals surface area contributed by atoms with Crippen molar-refractivity contribution in [1.82, 2.24) is 14.7 Å². The molecule has 1 amide bonds. The molecule has 0 fully saturated rings. The van der Waals surface area contributed by atoms with Gasteiger partial charge in [-0.25, -0.2) is 0 Å². The number of nitrogens with zero attached hydrogens (tertiary/aromatic N) is 3. The predicted molar refractivity (Wildman–Crippen MR) is 116 cm³/mol. The van der Waals surface area contributed by atoms with Gasteiger partial charge in [0.1, 0.15) is 11.4 Å². The largest absolute Gasteiger partial charge is 0.497 e. The van der Waals surface area contributed by atoms with Crippen LogP contribution in [0.3, 0.4) is 0 Å². The first-order valence-electron chi connectivity index (χ1n) is 9.71. The van der Waals surface area contributed by atoms with Gasteiger partial charge in [-0.1, -0.05) is 42.5 Å². The van der Waals surface area contributed by atoms with Crippen molar-refractivity contribution in [2.75, 3.05) is 20.2 Å². The lowest BCUT2D eigenvalue weighted by molar-refractivity contribution is 0.0779. The Labute approximate surface area is 172 Å². The van der Waals surface area contributed by atoms with E-state index in [9.17, 15) is 4.79 Å². The Morgan fingerprint density at radius 3 is 2.41 bits per heavy atom. The monoisotopic (exact) mass is 389 g/mol. The van der Waals surface area contributed by atoms with Gasteiger partial charge in [-0.2, -0.15) is 5.10 Å². The Morgan fingerprint density at radius 1 is 1.14 bits per heavy atom. The van der Waals surface area contributed by atoms with Crippen LogP contribution in [0.25, 0.3) is 11.3 Å². The molecule has 3 rings (SSSR count). The maximum absolute atomic E-state index is 13.3. The summed E-state index contributed by atoms with van der Waals surface area (Å²) in [5.74, 6) is 0.725. The van der Waals surface area contributed by atoms with E-state index in [1.807, 2.05) is 67.2 Å². The average molecular weight is 389 g/mol. The second-order valence-electron chi connectivity index (χ2n) is 7.08. The molecule has 0 N–H and O–H groups in total. The van der Waals surface area contributed by atoms with Crippen LogP contribution in [-0.2, 0) is 6.54 Å². The minimum absolute atomic E-state index is 0.0411. The third-order valence-electron chi connectivity index (χ3n) is 4.67. The van der Waals surface area contributed by atoms with Crippen LogP contribution in [0.2, 0.25) is 0 Å². The van der Waals surface area contributed by atoms with Crippen molar-refractivity contribution < 1.29 is 9.53 Å². The summed E-state index contributed by atoms with van der Waals surface area (Å²) in [4.78, 5) is 15.1. The average Bonchev–Trinajstić information content (AvgIpc) is 3.15. The molecule has 150 valence electrons. The Kier molecular flexibility index (Phi) is 6.50. The van der Waals surface area contributed by atoms with Crippen LogP contribution >= 0.6 is 0 Å². The fourth-order valence-electron chi connectivity index (χ4n) is 3.21. The summed E-state index contributed by atoms with van der Waals surface area (Å²) in [7, 11) is 1.63. The molecule has 29 heavy (non-hydrogen) atoms. The molecular formula is C24H27N3O2. The van der Waals surface area contributed by atoms with Crippen molar-refractivity contribution in [3.8, 4) is 17.0 Å². The summed E-state index contributed by atoms with van der Waals surface area (Å²) in [6.45, 7) is 9.59. The van der Waals surface area contributed by atoms with Gasteiger partial charge in [0.2, 0.25) is 0 Å². The minimum Gasteiger partial charge on any atom is -0.497 e. The van der Waals surface area contributed by atoms with Gasteiger partial charge in [0.05, 0.1) is 19.2 Å². The van der Waals surface area contributed by atoms with Gasteiger partial charge in [0.25, 0.3) is 5.91 Å². The van der Waals surface area contributed by atoms with Crippen LogP contribution in [0.5, 0.6) is 5.75 Å². The molecular weight excluding hydrogens is 362 g/mol. The van der Waals surface area contributed by atoms with Gasteiger partial charge in [-0.05, 0) is 43.7 Å². The van der Waals surface area contributed by atoms with Crippen molar-refractivity contribution in [2.24, 2.45) is 0 Å². The molecule has 0 unspecified atom stereocenters. The van der Waals surface area contributed by atoms with Gasteiger partial charge >= 0.3 is 0 Å². The summed E-state index contributed by atoms with van der Waals surface area (Å²) < 4.78 is 7.09. The molecule has 0 bridgehead atoms. The van der Waals surface area contributed by atoms with Crippen molar-refractivity contribution in [1.29, 1.82) is 0 Å². The van der Waals surface area contributed by atoms with Crippen molar-refractivity contribution in [3.05, 3.63) is 84.1 Å². The van der Waals surface area contributed by atoms with Gasteiger partial charge in [-0.15, -0.1) is 0 Å². The third kappa shape index (κ3) is 4.93. The molecule has 3 aromatic rings. The predicted octanol–water partition coefficient (Wildman–Crippen LogP) is 4.65. The van der Waals surface area contributed by atoms with E-state index < -0.39 is 0 Å². The molecule has 0 atom stereocenters. The number of aromatic nitrogens is 2. The van der Waals surface area contributed by atoms with Gasteiger partial charge in [0.15, 0.2) is 0 Å². The second kappa shape index (κ2) is 9.24. The number of hydrogen-bond acceptors (Lipinski definition) is 3. The van der Waals surface area contributed by atoms with Crippen LogP contribution in [-0.4, -0.2) is 40.8 Å². The molecule has 0 spiro atoms. The Morgan fingerprint density at radius 2 is 1.83 bits per heavy atom. The highest BCUT2D eigenvalue weighted by Crippen LogP contribution is 2.26. The van der Waals surface area contributed by atoms with Crippen molar-refractivity contribution >= 4 is 5.91 Å². The highest BCUT2D eigenvalue weighted by molar-refractivity contribution is 6.00. The normalized spacial score (nSPS) is 10.6. The minimum atomic E-state index is -0.0411. The number of carbonyl (C=O) groups excluding carboxylic acids is 1. The third-order valence-corrected chi connectivity index (χ3v) is 4.67. The summed E-state index contributed by atoms with van der Waals surface area (Å²) in [5, 5.41) is 4.75. The van der Waals surface area contributed by atoms with Gasteiger partial charge in [-0.3, -0.25) is 9.48 Å². The fraction of sp³-hybridized carbons (Fsp3) is 0.250. The van der Waals surface area contributed by atoms with E-state index >= 15 is 0 Å². The number of hydrogen-bond donors (Lipinski definition) is 0.